The highest BCUT2D eigenvalue weighted by atomic mass is 19.3. The van der Waals surface area contributed by atoms with Crippen LogP contribution in [0.15, 0.2) is 24.3 Å². The number of hydrogen-bond acceptors (Lipinski definition) is 4. The molecule has 1 aromatic carbocycles. The summed E-state index contributed by atoms with van der Waals surface area (Å²) < 4.78 is 26.3. The van der Waals surface area contributed by atoms with E-state index in [2.05, 4.69) is 5.32 Å². The Labute approximate surface area is 139 Å². The summed E-state index contributed by atoms with van der Waals surface area (Å²) in [6.07, 6.45) is -0.501. The van der Waals surface area contributed by atoms with Gasteiger partial charge >= 0.3 is 0 Å². The zero-order valence-corrected chi connectivity index (χ0v) is 13.3. The maximum Gasteiger partial charge on any atom is 0.248 e. The summed E-state index contributed by atoms with van der Waals surface area (Å²) in [5, 5.41) is 15.5. The third kappa shape index (κ3) is 5.79. The number of hydrogen-bond donors (Lipinski definition) is 2. The van der Waals surface area contributed by atoms with Crippen LogP contribution in [0, 0.1) is 5.92 Å². The highest BCUT2D eigenvalue weighted by Gasteiger charge is 2.34. The summed E-state index contributed by atoms with van der Waals surface area (Å²) in [5.41, 5.74) is 1.24. The molecule has 0 unspecified atom stereocenters. The second-order valence-corrected chi connectivity index (χ2v) is 6.15. The van der Waals surface area contributed by atoms with Gasteiger partial charge in [-0.2, -0.15) is 0 Å². The Hall–Kier alpha value is -2.18. The molecule has 2 rings (SSSR count). The molecule has 1 aromatic rings. The molecular formula is C17H21F2N2O3-. The minimum atomic E-state index is -2.53. The zero-order chi connectivity index (χ0) is 17.6. The second kappa shape index (κ2) is 8.08. The van der Waals surface area contributed by atoms with Gasteiger partial charge in [0.05, 0.1) is 0 Å². The van der Waals surface area contributed by atoms with Crippen LogP contribution in [-0.2, 0) is 0 Å². The van der Waals surface area contributed by atoms with Gasteiger partial charge in [-0.1, -0.05) is 12.1 Å². The van der Waals surface area contributed by atoms with Gasteiger partial charge in [-0.15, -0.1) is 0 Å². The van der Waals surface area contributed by atoms with Crippen molar-refractivity contribution >= 4 is 17.6 Å². The fourth-order valence-corrected chi connectivity index (χ4v) is 2.79. The molecule has 0 radical (unpaired) electrons. The molecule has 0 saturated heterocycles. The Morgan fingerprint density at radius 2 is 1.96 bits per heavy atom. The molecule has 1 amide bonds. The fourth-order valence-electron chi connectivity index (χ4n) is 2.79. The molecule has 0 aromatic heterocycles. The first-order valence-corrected chi connectivity index (χ1v) is 8.05. The van der Waals surface area contributed by atoms with Crippen molar-refractivity contribution in [3.05, 3.63) is 29.8 Å². The van der Waals surface area contributed by atoms with Crippen molar-refractivity contribution in [2.75, 3.05) is 18.4 Å². The number of Topliss-reactive ketones (excluding diaryl/α,β-unsaturated/α-hetero) is 1. The molecule has 1 aliphatic rings. The molecule has 2 N–H and O–H groups in total. The van der Waals surface area contributed by atoms with E-state index in [0.717, 1.165) is 5.69 Å². The number of alkyl halides is 2. The number of carbonyl (C=O) groups excluding carboxylic acids is 2. The van der Waals surface area contributed by atoms with Crippen molar-refractivity contribution in [2.45, 2.75) is 38.0 Å². The van der Waals surface area contributed by atoms with Crippen molar-refractivity contribution in [3.63, 3.8) is 0 Å². The number of amides is 1. The summed E-state index contributed by atoms with van der Waals surface area (Å²) in [4.78, 5) is 22.2. The number of benzene rings is 1. The summed E-state index contributed by atoms with van der Waals surface area (Å²) in [6, 6.07) is 6.90. The van der Waals surface area contributed by atoms with Crippen molar-refractivity contribution in [2.24, 2.45) is 5.92 Å². The van der Waals surface area contributed by atoms with E-state index in [0.29, 0.717) is 24.9 Å². The van der Waals surface area contributed by atoms with E-state index < -0.39 is 12.0 Å². The number of ketones is 1. The second-order valence-electron chi connectivity index (χ2n) is 6.15. The molecule has 0 heterocycles. The Bertz CT molecular complexity index is 583. The third-order valence-electron chi connectivity index (χ3n) is 4.24. The molecule has 7 heteroatoms. The highest BCUT2D eigenvalue weighted by Crippen LogP contribution is 2.36. The molecule has 0 bridgehead atoms. The van der Waals surface area contributed by atoms with Gasteiger partial charge in [-0.3, -0.25) is 4.79 Å². The molecular weight excluding hydrogens is 318 g/mol. The van der Waals surface area contributed by atoms with Crippen LogP contribution in [0.2, 0.25) is 0 Å². The van der Waals surface area contributed by atoms with Crippen molar-refractivity contribution in [3.8, 4) is 0 Å². The topological polar surface area (TPSA) is 81.3 Å². The predicted molar refractivity (Wildman–Crippen MR) is 84.2 cm³/mol. The largest absolute Gasteiger partial charge is 0.530 e. The Morgan fingerprint density at radius 3 is 2.62 bits per heavy atom. The smallest absolute Gasteiger partial charge is 0.248 e. The van der Waals surface area contributed by atoms with Crippen molar-refractivity contribution in [1.82, 2.24) is 5.32 Å². The quantitative estimate of drug-likeness (QED) is 0.748. The minimum absolute atomic E-state index is 0.00904. The van der Waals surface area contributed by atoms with Crippen LogP contribution in [0.4, 0.5) is 19.3 Å². The Morgan fingerprint density at radius 1 is 1.25 bits per heavy atom. The van der Waals surface area contributed by atoms with Gasteiger partial charge in [0.15, 0.2) is 5.78 Å². The lowest BCUT2D eigenvalue weighted by molar-refractivity contribution is -0.250. The molecule has 132 valence electrons. The predicted octanol–water partition coefficient (Wildman–Crippen LogP) is 2.43. The number of halogens is 2. The number of rotatable bonds is 7. The van der Waals surface area contributed by atoms with E-state index in [-0.39, 0.29) is 37.5 Å². The van der Waals surface area contributed by atoms with E-state index in [1.165, 1.54) is 0 Å². The van der Waals surface area contributed by atoms with Gasteiger partial charge in [-0.05, 0) is 30.9 Å². The summed E-state index contributed by atoms with van der Waals surface area (Å²) in [7, 11) is 0. The standard InChI is InChI=1S/C17H22F2N2O3/c18-17(19)7-4-12(5-8-17)11-21-14-3-1-2-13(10-14)15(22)6-9-20-16(23)24/h1-3,10,12,20-21H,4-9,11H2,(H,23,24)/p-1. The highest BCUT2D eigenvalue weighted by molar-refractivity contribution is 5.97. The lowest BCUT2D eigenvalue weighted by atomic mass is 9.87. The van der Waals surface area contributed by atoms with Crippen LogP contribution in [0.3, 0.4) is 0 Å². The number of carbonyl (C=O) groups is 2. The fraction of sp³-hybridized carbons (Fsp3) is 0.529. The minimum Gasteiger partial charge on any atom is -0.530 e. The third-order valence-corrected chi connectivity index (χ3v) is 4.24. The molecule has 1 saturated carbocycles. The van der Waals surface area contributed by atoms with Crippen molar-refractivity contribution < 1.29 is 23.5 Å². The average Bonchev–Trinajstić information content (AvgIpc) is 2.53. The monoisotopic (exact) mass is 339 g/mol. The average molecular weight is 339 g/mol. The van der Waals surface area contributed by atoms with Crippen molar-refractivity contribution in [1.29, 1.82) is 0 Å². The van der Waals surface area contributed by atoms with E-state index in [4.69, 9.17) is 0 Å². The number of anilines is 1. The van der Waals surface area contributed by atoms with E-state index in [1.807, 2.05) is 11.4 Å². The van der Waals surface area contributed by atoms with Crippen LogP contribution < -0.4 is 15.7 Å². The molecule has 0 aliphatic heterocycles. The van der Waals surface area contributed by atoms with E-state index in [1.54, 1.807) is 18.2 Å². The lowest BCUT2D eigenvalue weighted by Gasteiger charge is -2.28. The maximum atomic E-state index is 13.1. The molecule has 5 nitrogen and oxygen atoms in total. The maximum absolute atomic E-state index is 13.1. The zero-order valence-electron chi connectivity index (χ0n) is 13.3. The summed E-state index contributed by atoms with van der Waals surface area (Å²) in [6.45, 7) is 0.606. The van der Waals surface area contributed by atoms with Gasteiger partial charge in [-0.25, -0.2) is 8.78 Å². The lowest BCUT2D eigenvalue weighted by Crippen LogP contribution is -2.37. The van der Waals surface area contributed by atoms with Crippen LogP contribution in [0.1, 0.15) is 42.5 Å². The molecule has 1 fully saturated rings. The summed E-state index contributed by atoms with van der Waals surface area (Å²) >= 11 is 0. The molecule has 0 spiro atoms. The molecule has 1 aliphatic carbocycles. The number of nitrogens with one attached hydrogen (secondary N) is 2. The molecule has 0 atom stereocenters. The van der Waals surface area contributed by atoms with Gasteiger partial charge < -0.3 is 20.5 Å². The van der Waals surface area contributed by atoms with E-state index in [9.17, 15) is 23.5 Å². The summed E-state index contributed by atoms with van der Waals surface area (Å²) in [5.74, 6) is -2.50. The Balaban J connectivity index is 1.82. The van der Waals surface area contributed by atoms with Gasteiger partial charge in [0.25, 0.3) is 0 Å². The SMILES string of the molecule is O=C([O-])NCCC(=O)c1cccc(NCC2CCC(F)(F)CC2)c1. The first kappa shape index (κ1) is 18.2. The first-order chi connectivity index (χ1) is 11.4. The first-order valence-electron chi connectivity index (χ1n) is 8.05. The van der Waals surface area contributed by atoms with Gasteiger partial charge in [0, 0.05) is 43.6 Å². The van der Waals surface area contributed by atoms with Crippen LogP contribution in [0.5, 0.6) is 0 Å². The number of carboxylic acid groups (broad SMARTS) is 1. The van der Waals surface area contributed by atoms with Crippen LogP contribution >= 0.6 is 0 Å². The normalized spacial score (nSPS) is 17.2. The Kier molecular flexibility index (Phi) is 6.11. The van der Waals surface area contributed by atoms with Crippen LogP contribution in [-0.4, -0.2) is 30.9 Å². The van der Waals surface area contributed by atoms with E-state index >= 15 is 0 Å². The van der Waals surface area contributed by atoms with Crippen LogP contribution in [0.25, 0.3) is 0 Å². The molecule has 24 heavy (non-hydrogen) atoms. The van der Waals surface area contributed by atoms with Gasteiger partial charge in [0.1, 0.15) is 6.09 Å². The van der Waals surface area contributed by atoms with Gasteiger partial charge in [0.2, 0.25) is 5.92 Å².